The summed E-state index contributed by atoms with van der Waals surface area (Å²) >= 11 is 0. The lowest BCUT2D eigenvalue weighted by atomic mass is 9.88. The summed E-state index contributed by atoms with van der Waals surface area (Å²) in [5, 5.41) is 0. The molecule has 3 aliphatic heterocycles. The normalized spacial score (nSPS) is 22.2. The molecule has 1 aromatic carbocycles. The molecule has 4 amide bonds. The van der Waals surface area contributed by atoms with Gasteiger partial charge in [-0.25, -0.2) is 4.79 Å². The first-order valence-corrected chi connectivity index (χ1v) is 15.3. The second-order valence-electron chi connectivity index (χ2n) is 13.9. The number of rotatable bonds is 6. The van der Waals surface area contributed by atoms with Crippen LogP contribution in [0.15, 0.2) is 42.6 Å². The van der Waals surface area contributed by atoms with Crippen LogP contribution in [0.4, 0.5) is 19.3 Å². The minimum Gasteiger partial charge on any atom is -0.444 e. The van der Waals surface area contributed by atoms with Gasteiger partial charge in [0.25, 0.3) is 0 Å². The fourth-order valence-electron chi connectivity index (χ4n) is 6.29. The first-order valence-electron chi connectivity index (χ1n) is 15.3. The molecule has 0 spiro atoms. The minimum atomic E-state index is -3.37. The molecular weight excluding hydrogens is 584 g/mol. The number of ether oxygens (including phenoxy) is 1. The summed E-state index contributed by atoms with van der Waals surface area (Å²) < 4.78 is 36.7. The van der Waals surface area contributed by atoms with E-state index in [9.17, 15) is 19.2 Å². The first-order chi connectivity index (χ1) is 21.0. The second kappa shape index (κ2) is 11.8. The van der Waals surface area contributed by atoms with E-state index in [1.165, 1.54) is 34.2 Å². The molecule has 4 heterocycles. The van der Waals surface area contributed by atoms with Gasteiger partial charge in [0.2, 0.25) is 17.7 Å². The second-order valence-corrected chi connectivity index (χ2v) is 13.9. The molecule has 2 aromatic rings. The Morgan fingerprint density at radius 2 is 1.69 bits per heavy atom. The van der Waals surface area contributed by atoms with E-state index in [1.54, 1.807) is 43.9 Å². The topological polar surface area (TPSA) is 103 Å². The number of alkyl halides is 2. The average Bonchev–Trinajstić information content (AvgIpc) is 3.43. The third-order valence-corrected chi connectivity index (χ3v) is 8.68. The highest BCUT2D eigenvalue weighted by Crippen LogP contribution is 2.44. The van der Waals surface area contributed by atoms with Gasteiger partial charge >= 0.3 is 12.0 Å². The minimum absolute atomic E-state index is 0.0242. The van der Waals surface area contributed by atoms with Gasteiger partial charge in [0, 0.05) is 73.8 Å². The van der Waals surface area contributed by atoms with Gasteiger partial charge in [0.15, 0.2) is 0 Å². The number of imide groups is 1. The lowest BCUT2D eigenvalue weighted by Crippen LogP contribution is -2.63. The first kappa shape index (κ1) is 32.5. The molecule has 2 atom stereocenters. The van der Waals surface area contributed by atoms with E-state index >= 15 is 8.78 Å². The van der Waals surface area contributed by atoms with Gasteiger partial charge in [-0.2, -0.15) is 8.78 Å². The Morgan fingerprint density at radius 3 is 2.31 bits per heavy atom. The molecule has 10 nitrogen and oxygen atoms in total. The highest BCUT2D eigenvalue weighted by atomic mass is 19.3. The number of hydrogen-bond acceptors (Lipinski definition) is 7. The van der Waals surface area contributed by atoms with Crippen LogP contribution in [-0.2, 0) is 30.5 Å². The van der Waals surface area contributed by atoms with Crippen LogP contribution >= 0.6 is 0 Å². The molecule has 5 rings (SSSR count). The molecule has 0 aliphatic carbocycles. The predicted octanol–water partition coefficient (Wildman–Crippen LogP) is 4.30. The number of likely N-dealkylation sites (tertiary alicyclic amines) is 1. The van der Waals surface area contributed by atoms with E-state index in [1.807, 2.05) is 25.7 Å². The zero-order valence-corrected chi connectivity index (χ0v) is 26.7. The standard InChI is InChI=1S/C33H41F2N5O5/c1-21-16-37(23(18-39-27(41)12-13-28(39)42)17-38(21)30(44)45-31(2,3)4)19-29(43)40-20-32(5,6)24-15-36-26(14-25(24)40)33(34,35)22-10-8-7-9-11-22/h7-11,14-15,21,23H,12-13,16-20H2,1-6H3/t21-,23-/m1/s1. The largest absolute Gasteiger partial charge is 0.444 e. The highest BCUT2D eigenvalue weighted by Gasteiger charge is 2.45. The number of amides is 4. The maximum atomic E-state index is 15.5. The van der Waals surface area contributed by atoms with Gasteiger partial charge in [-0.3, -0.25) is 29.2 Å². The van der Waals surface area contributed by atoms with Crippen LogP contribution in [0.3, 0.4) is 0 Å². The molecule has 1 aromatic heterocycles. The van der Waals surface area contributed by atoms with Gasteiger partial charge in [-0.15, -0.1) is 0 Å². The van der Waals surface area contributed by atoms with Crippen LogP contribution in [-0.4, -0.2) is 93.9 Å². The molecular formula is C33H41F2N5O5. The number of piperazine rings is 1. The monoisotopic (exact) mass is 625 g/mol. The average molecular weight is 626 g/mol. The fourth-order valence-corrected chi connectivity index (χ4v) is 6.29. The third kappa shape index (κ3) is 6.56. The van der Waals surface area contributed by atoms with Gasteiger partial charge in [-0.1, -0.05) is 44.2 Å². The Hall–Kier alpha value is -3.93. The van der Waals surface area contributed by atoms with E-state index in [4.69, 9.17) is 4.74 Å². The van der Waals surface area contributed by atoms with Gasteiger partial charge < -0.3 is 14.5 Å². The Morgan fingerprint density at radius 1 is 1.04 bits per heavy atom. The third-order valence-electron chi connectivity index (χ3n) is 8.68. The lowest BCUT2D eigenvalue weighted by molar-refractivity contribution is -0.139. The molecule has 2 saturated heterocycles. The van der Waals surface area contributed by atoms with E-state index in [0.29, 0.717) is 11.3 Å². The van der Waals surface area contributed by atoms with Crippen molar-refractivity contribution in [2.24, 2.45) is 0 Å². The smallest absolute Gasteiger partial charge is 0.410 e. The van der Waals surface area contributed by atoms with Crippen LogP contribution < -0.4 is 4.90 Å². The van der Waals surface area contributed by atoms with Crippen LogP contribution in [0, 0.1) is 0 Å². The Kier molecular flexibility index (Phi) is 8.50. The van der Waals surface area contributed by atoms with Crippen LogP contribution in [0.25, 0.3) is 0 Å². The molecule has 0 radical (unpaired) electrons. The quantitative estimate of drug-likeness (QED) is 0.441. The van der Waals surface area contributed by atoms with Crippen molar-refractivity contribution in [1.82, 2.24) is 19.7 Å². The van der Waals surface area contributed by atoms with E-state index in [0.717, 1.165) is 0 Å². The van der Waals surface area contributed by atoms with E-state index < -0.39 is 34.8 Å². The zero-order chi connectivity index (χ0) is 32.9. The van der Waals surface area contributed by atoms with Crippen LogP contribution in [0.1, 0.15) is 71.2 Å². The van der Waals surface area contributed by atoms with Gasteiger partial charge in [0.1, 0.15) is 11.3 Å². The lowest BCUT2D eigenvalue weighted by Gasteiger charge is -2.46. The number of carbonyl (C=O) groups excluding carboxylic acids is 4. The number of halogens is 2. The number of pyridine rings is 1. The summed E-state index contributed by atoms with van der Waals surface area (Å²) in [6.07, 6.45) is 1.17. The summed E-state index contributed by atoms with van der Waals surface area (Å²) in [4.78, 5) is 62.5. The number of anilines is 1. The zero-order valence-electron chi connectivity index (χ0n) is 26.7. The molecule has 0 saturated carbocycles. The summed E-state index contributed by atoms with van der Waals surface area (Å²) in [7, 11) is 0. The van der Waals surface area contributed by atoms with E-state index in [2.05, 4.69) is 4.98 Å². The Balaban J connectivity index is 1.42. The van der Waals surface area contributed by atoms with Gasteiger partial charge in [0.05, 0.1) is 12.2 Å². The number of aromatic nitrogens is 1. The van der Waals surface area contributed by atoms with Crippen molar-refractivity contribution in [3.8, 4) is 0 Å². The van der Waals surface area contributed by atoms with Crippen molar-refractivity contribution >= 4 is 29.5 Å². The van der Waals surface area contributed by atoms with Gasteiger partial charge in [-0.05, 0) is 33.8 Å². The number of hydrogen-bond donors (Lipinski definition) is 0. The van der Waals surface area contributed by atoms with Crippen molar-refractivity contribution in [2.45, 2.75) is 83.4 Å². The van der Waals surface area contributed by atoms with E-state index in [-0.39, 0.29) is 74.9 Å². The maximum absolute atomic E-state index is 15.5. The van der Waals surface area contributed by atoms with Crippen molar-refractivity contribution in [2.75, 3.05) is 37.6 Å². The molecule has 12 heteroatoms. The van der Waals surface area contributed by atoms with Crippen molar-refractivity contribution in [3.63, 3.8) is 0 Å². The Labute approximate surface area is 262 Å². The fraction of sp³-hybridized carbons (Fsp3) is 0.545. The maximum Gasteiger partial charge on any atom is 0.410 e. The summed E-state index contributed by atoms with van der Waals surface area (Å²) in [5.41, 5.74) is -0.829. The number of benzene rings is 1. The number of nitrogens with zero attached hydrogens (tertiary/aromatic N) is 5. The highest BCUT2D eigenvalue weighted by molar-refractivity contribution is 6.02. The summed E-state index contributed by atoms with van der Waals surface area (Å²) in [6.45, 7) is 11.7. The molecule has 3 aliphatic rings. The van der Waals surface area contributed by atoms with Crippen molar-refractivity contribution in [3.05, 3.63) is 59.4 Å². The number of carbonyl (C=O) groups is 4. The number of fused-ring (bicyclic) bond motifs is 1. The molecule has 0 unspecified atom stereocenters. The molecule has 45 heavy (non-hydrogen) atoms. The summed E-state index contributed by atoms with van der Waals surface area (Å²) in [6, 6.07) is 7.86. The van der Waals surface area contributed by atoms with Crippen molar-refractivity contribution < 1.29 is 32.7 Å². The van der Waals surface area contributed by atoms with Crippen LogP contribution in [0.2, 0.25) is 0 Å². The Bertz CT molecular complexity index is 1480. The van der Waals surface area contributed by atoms with Crippen molar-refractivity contribution in [1.29, 1.82) is 0 Å². The molecule has 2 fully saturated rings. The summed E-state index contributed by atoms with van der Waals surface area (Å²) in [5.74, 6) is -4.26. The molecule has 0 bridgehead atoms. The van der Waals surface area contributed by atoms with Crippen LogP contribution in [0.5, 0.6) is 0 Å². The SMILES string of the molecule is C[C@@H]1CN(CC(=O)N2CC(C)(C)c3cnc(C(F)(F)c4ccccc4)cc32)[C@@H](CN2C(=O)CCC2=O)CN1C(=O)OC(C)(C)C. The predicted molar refractivity (Wildman–Crippen MR) is 163 cm³/mol. The molecule has 242 valence electrons. The molecule has 0 N–H and O–H groups in total.